The Balaban J connectivity index is 1.92. The summed E-state index contributed by atoms with van der Waals surface area (Å²) in [5.41, 5.74) is 3.85. The number of ether oxygens (including phenoxy) is 2. The lowest BCUT2D eigenvalue weighted by Gasteiger charge is -2.20. The second kappa shape index (κ2) is 11.2. The van der Waals surface area contributed by atoms with E-state index in [1.807, 2.05) is 69.0 Å². The van der Waals surface area contributed by atoms with Crippen LogP contribution >= 0.6 is 0 Å². The fourth-order valence-corrected chi connectivity index (χ4v) is 2.97. The van der Waals surface area contributed by atoms with Gasteiger partial charge in [-0.1, -0.05) is 19.1 Å². The molecule has 0 aliphatic carbocycles. The summed E-state index contributed by atoms with van der Waals surface area (Å²) in [7, 11) is 1.60. The number of imide groups is 1. The Morgan fingerprint density at radius 1 is 1.00 bits per heavy atom. The molecule has 162 valence electrons. The minimum atomic E-state index is -0.540. The molecule has 3 amide bonds. The third kappa shape index (κ3) is 6.77. The molecule has 0 atom stereocenters. The molecule has 30 heavy (non-hydrogen) atoms. The van der Waals surface area contributed by atoms with Gasteiger partial charge in [0.1, 0.15) is 0 Å². The van der Waals surface area contributed by atoms with Gasteiger partial charge >= 0.3 is 6.03 Å². The molecule has 7 nitrogen and oxygen atoms in total. The number of hydrogen-bond acceptors (Lipinski definition) is 5. The van der Waals surface area contributed by atoms with Gasteiger partial charge in [-0.15, -0.1) is 0 Å². The smallest absolute Gasteiger partial charge is 0.325 e. The molecule has 0 aliphatic rings. The molecule has 2 N–H and O–H groups in total. The molecule has 2 aromatic carbocycles. The fourth-order valence-electron chi connectivity index (χ4n) is 2.97. The number of rotatable bonds is 9. The highest BCUT2D eigenvalue weighted by atomic mass is 16.5. The van der Waals surface area contributed by atoms with Crippen molar-refractivity contribution < 1.29 is 19.1 Å². The molecule has 2 rings (SSSR count). The number of anilines is 1. The number of benzene rings is 2. The molecule has 7 heteroatoms. The summed E-state index contributed by atoms with van der Waals surface area (Å²) < 4.78 is 10.9. The van der Waals surface area contributed by atoms with Crippen molar-refractivity contribution in [3.8, 4) is 11.5 Å². The van der Waals surface area contributed by atoms with Crippen LogP contribution in [0.1, 0.15) is 30.5 Å². The summed E-state index contributed by atoms with van der Waals surface area (Å²) in [5, 5.41) is 5.08. The quantitative estimate of drug-likeness (QED) is 0.652. The molecular formula is C23H31N3O4. The van der Waals surface area contributed by atoms with Gasteiger partial charge in [0.15, 0.2) is 11.5 Å². The number of hydrogen-bond donors (Lipinski definition) is 2. The van der Waals surface area contributed by atoms with Crippen molar-refractivity contribution in [2.75, 3.05) is 32.1 Å². The topological polar surface area (TPSA) is 79.9 Å². The SMILES string of the molecule is CCOc1ccc(CN(CC)CC(=O)NC(=O)Nc2ccc(C)c(C)c2)cc1OC. The maximum absolute atomic E-state index is 12.3. The molecule has 0 aromatic heterocycles. The normalized spacial score (nSPS) is 10.6. The first-order valence-corrected chi connectivity index (χ1v) is 10.1. The van der Waals surface area contributed by atoms with Crippen LogP contribution in [0.25, 0.3) is 0 Å². The lowest BCUT2D eigenvalue weighted by atomic mass is 10.1. The van der Waals surface area contributed by atoms with E-state index in [2.05, 4.69) is 10.6 Å². The van der Waals surface area contributed by atoms with Crippen LogP contribution in [0.3, 0.4) is 0 Å². The van der Waals surface area contributed by atoms with E-state index in [-0.39, 0.29) is 12.5 Å². The van der Waals surface area contributed by atoms with E-state index in [0.29, 0.717) is 36.9 Å². The average molecular weight is 414 g/mol. The van der Waals surface area contributed by atoms with E-state index in [1.54, 1.807) is 7.11 Å². The van der Waals surface area contributed by atoms with Gasteiger partial charge in [0.25, 0.3) is 0 Å². The van der Waals surface area contributed by atoms with E-state index in [1.165, 1.54) is 0 Å². The minimum absolute atomic E-state index is 0.104. The van der Waals surface area contributed by atoms with Crippen molar-refractivity contribution in [2.45, 2.75) is 34.2 Å². The minimum Gasteiger partial charge on any atom is -0.493 e. The third-order valence-electron chi connectivity index (χ3n) is 4.77. The Hall–Kier alpha value is -3.06. The van der Waals surface area contributed by atoms with E-state index >= 15 is 0 Å². The second-order valence-electron chi connectivity index (χ2n) is 7.02. The van der Waals surface area contributed by atoms with Crippen molar-refractivity contribution in [1.82, 2.24) is 10.2 Å². The van der Waals surface area contributed by atoms with Crippen LogP contribution in [-0.2, 0) is 11.3 Å². The zero-order valence-electron chi connectivity index (χ0n) is 18.4. The van der Waals surface area contributed by atoms with Gasteiger partial charge in [-0.3, -0.25) is 15.0 Å². The Kier molecular flexibility index (Phi) is 8.68. The number of amides is 3. The largest absolute Gasteiger partial charge is 0.493 e. The summed E-state index contributed by atoms with van der Waals surface area (Å²) in [6.45, 7) is 9.72. The predicted molar refractivity (Wildman–Crippen MR) is 118 cm³/mol. The third-order valence-corrected chi connectivity index (χ3v) is 4.77. The van der Waals surface area contributed by atoms with E-state index in [0.717, 1.165) is 16.7 Å². The van der Waals surface area contributed by atoms with Gasteiger partial charge in [-0.05, 0) is 68.3 Å². The van der Waals surface area contributed by atoms with Crippen LogP contribution in [0.2, 0.25) is 0 Å². The van der Waals surface area contributed by atoms with Crippen molar-refractivity contribution in [3.05, 3.63) is 53.1 Å². The zero-order chi connectivity index (χ0) is 22.1. The van der Waals surface area contributed by atoms with Crippen LogP contribution in [0.15, 0.2) is 36.4 Å². The lowest BCUT2D eigenvalue weighted by Crippen LogP contribution is -2.41. The van der Waals surface area contributed by atoms with Gasteiger partial charge in [-0.25, -0.2) is 4.79 Å². The Bertz CT molecular complexity index is 883. The van der Waals surface area contributed by atoms with Crippen molar-refractivity contribution in [2.24, 2.45) is 0 Å². The number of methoxy groups -OCH3 is 1. The Labute approximate surface area is 178 Å². The lowest BCUT2D eigenvalue weighted by molar-refractivity contribution is -0.121. The first kappa shape index (κ1) is 23.2. The molecule has 0 radical (unpaired) electrons. The number of carbonyl (C=O) groups excluding carboxylic acids is 2. The number of likely N-dealkylation sites (N-methyl/N-ethyl adjacent to an activating group) is 1. The first-order valence-electron chi connectivity index (χ1n) is 10.1. The maximum Gasteiger partial charge on any atom is 0.325 e. The van der Waals surface area contributed by atoms with E-state index < -0.39 is 6.03 Å². The maximum atomic E-state index is 12.3. The molecule has 0 fully saturated rings. The number of nitrogens with one attached hydrogen (secondary N) is 2. The van der Waals surface area contributed by atoms with Crippen LogP contribution in [0, 0.1) is 13.8 Å². The fraction of sp³-hybridized carbons (Fsp3) is 0.391. The van der Waals surface area contributed by atoms with Crippen molar-refractivity contribution in [1.29, 1.82) is 0 Å². The molecular weight excluding hydrogens is 382 g/mol. The molecule has 0 spiro atoms. The van der Waals surface area contributed by atoms with Crippen molar-refractivity contribution in [3.63, 3.8) is 0 Å². The van der Waals surface area contributed by atoms with Gasteiger partial charge in [0, 0.05) is 12.2 Å². The molecule has 0 aliphatic heterocycles. The van der Waals surface area contributed by atoms with Crippen LogP contribution in [0.5, 0.6) is 11.5 Å². The molecule has 0 unspecified atom stereocenters. The molecule has 2 aromatic rings. The Morgan fingerprint density at radius 3 is 2.40 bits per heavy atom. The summed E-state index contributed by atoms with van der Waals surface area (Å²) >= 11 is 0. The predicted octanol–water partition coefficient (Wildman–Crippen LogP) is 3.88. The number of aryl methyl sites for hydroxylation is 2. The average Bonchev–Trinajstić information content (AvgIpc) is 2.71. The number of carbonyl (C=O) groups is 2. The summed E-state index contributed by atoms with van der Waals surface area (Å²) in [6.07, 6.45) is 0. The second-order valence-corrected chi connectivity index (χ2v) is 7.02. The van der Waals surface area contributed by atoms with Crippen LogP contribution in [-0.4, -0.2) is 43.6 Å². The highest BCUT2D eigenvalue weighted by Gasteiger charge is 2.14. The summed E-state index contributed by atoms with van der Waals surface area (Å²) in [5.74, 6) is 0.978. The summed E-state index contributed by atoms with van der Waals surface area (Å²) in [6, 6.07) is 10.8. The van der Waals surface area contributed by atoms with Crippen LogP contribution < -0.4 is 20.1 Å². The highest BCUT2D eigenvalue weighted by Crippen LogP contribution is 2.28. The van der Waals surface area contributed by atoms with Gasteiger partial charge < -0.3 is 14.8 Å². The van der Waals surface area contributed by atoms with E-state index in [4.69, 9.17) is 9.47 Å². The summed E-state index contributed by atoms with van der Waals surface area (Å²) in [4.78, 5) is 26.4. The highest BCUT2D eigenvalue weighted by molar-refractivity contribution is 6.01. The number of nitrogens with zero attached hydrogens (tertiary/aromatic N) is 1. The molecule has 0 bridgehead atoms. The molecule has 0 saturated carbocycles. The number of urea groups is 1. The molecule has 0 saturated heterocycles. The van der Waals surface area contributed by atoms with Gasteiger partial charge in [-0.2, -0.15) is 0 Å². The van der Waals surface area contributed by atoms with Crippen LogP contribution in [0.4, 0.5) is 10.5 Å². The zero-order valence-corrected chi connectivity index (χ0v) is 18.4. The van der Waals surface area contributed by atoms with E-state index in [9.17, 15) is 9.59 Å². The Morgan fingerprint density at radius 2 is 1.77 bits per heavy atom. The van der Waals surface area contributed by atoms with Crippen molar-refractivity contribution >= 4 is 17.6 Å². The monoisotopic (exact) mass is 413 g/mol. The van der Waals surface area contributed by atoms with Gasteiger partial charge in [0.05, 0.1) is 20.3 Å². The standard InChI is InChI=1S/C23H31N3O4/c1-6-26(14-18-9-11-20(30-7-2)21(13-18)29-5)15-22(27)25-23(28)24-19-10-8-16(3)17(4)12-19/h8-13H,6-7,14-15H2,1-5H3,(H2,24,25,27,28). The molecule has 0 heterocycles. The van der Waals surface area contributed by atoms with Gasteiger partial charge in [0.2, 0.25) is 5.91 Å². The first-order chi connectivity index (χ1) is 14.4.